The Labute approximate surface area is 85.5 Å². The van der Waals surface area contributed by atoms with E-state index in [0.717, 1.165) is 0 Å². The number of benzene rings is 1. The first kappa shape index (κ1) is 9.45. The molecule has 0 saturated heterocycles. The zero-order valence-electron chi connectivity index (χ0n) is 8.11. The Bertz CT molecular complexity index is 551. The lowest BCUT2D eigenvalue weighted by molar-refractivity contribution is 0.101. The summed E-state index contributed by atoms with van der Waals surface area (Å²) < 4.78 is 4.56. The minimum absolute atomic E-state index is 0.0485. The molecule has 0 aliphatic heterocycles. The summed E-state index contributed by atoms with van der Waals surface area (Å²) in [7, 11) is 0. The molecule has 1 N–H and O–H groups in total. The van der Waals surface area contributed by atoms with Gasteiger partial charge < -0.3 is 4.52 Å². The summed E-state index contributed by atoms with van der Waals surface area (Å²) in [5.41, 5.74) is 1.31. The number of H-pyrrole nitrogens is 1. The number of carbonyl (C=O) groups is 1. The van der Waals surface area contributed by atoms with Crippen LogP contribution in [0.1, 0.15) is 17.3 Å². The van der Waals surface area contributed by atoms with Gasteiger partial charge >= 0.3 is 5.63 Å². The maximum atomic E-state index is 11.3. The number of carbonyl (C=O) groups excluding carboxylic acids is 1. The number of nitrogens with one attached hydrogen (secondary N) is 1. The monoisotopic (exact) mass is 203 g/mol. The van der Waals surface area contributed by atoms with Crippen molar-refractivity contribution in [2.24, 2.45) is 0 Å². The molecule has 4 heteroatoms. The van der Waals surface area contributed by atoms with Gasteiger partial charge in [-0.3, -0.25) is 4.79 Å². The molecule has 0 atom stereocenters. The van der Waals surface area contributed by atoms with Gasteiger partial charge in [-0.05, 0) is 6.92 Å². The molecule has 0 aliphatic carbocycles. The molecule has 1 aromatic carbocycles. The van der Waals surface area contributed by atoms with Gasteiger partial charge in [-0.15, -0.1) is 0 Å². The summed E-state index contributed by atoms with van der Waals surface area (Å²) in [5, 5.41) is 2.48. The molecular formula is C11H9NO3. The predicted octanol–water partition coefficient (Wildman–Crippen LogP) is 1.84. The highest BCUT2D eigenvalue weighted by Gasteiger charge is 2.10. The first-order valence-electron chi connectivity index (χ1n) is 4.47. The van der Waals surface area contributed by atoms with Crippen LogP contribution in [0.4, 0.5) is 0 Å². The minimum atomic E-state index is -0.455. The van der Waals surface area contributed by atoms with Crippen LogP contribution in [-0.2, 0) is 0 Å². The van der Waals surface area contributed by atoms with Crippen molar-refractivity contribution in [2.75, 3.05) is 0 Å². The van der Waals surface area contributed by atoms with E-state index in [1.807, 2.05) is 0 Å². The van der Waals surface area contributed by atoms with E-state index in [1.54, 1.807) is 24.3 Å². The van der Waals surface area contributed by atoms with E-state index in [2.05, 4.69) is 9.68 Å². The fraction of sp³-hybridized carbons (Fsp3) is 0.0909. The average molecular weight is 203 g/mol. The van der Waals surface area contributed by atoms with Crippen molar-refractivity contribution in [3.8, 4) is 11.3 Å². The number of rotatable bonds is 2. The van der Waals surface area contributed by atoms with Crippen LogP contribution in [0, 0.1) is 0 Å². The summed E-state index contributed by atoms with van der Waals surface area (Å²) in [6.45, 7) is 1.48. The number of aromatic amines is 1. The van der Waals surface area contributed by atoms with Gasteiger partial charge in [-0.25, -0.2) is 9.95 Å². The van der Waals surface area contributed by atoms with Gasteiger partial charge in [0.25, 0.3) is 0 Å². The zero-order chi connectivity index (χ0) is 10.8. The Hall–Kier alpha value is -2.10. The number of aromatic nitrogens is 1. The van der Waals surface area contributed by atoms with Crippen LogP contribution >= 0.6 is 0 Å². The summed E-state index contributed by atoms with van der Waals surface area (Å²) in [5.74, 6) is -0.0485. The van der Waals surface area contributed by atoms with E-state index in [-0.39, 0.29) is 5.78 Å². The molecule has 1 aromatic heterocycles. The van der Waals surface area contributed by atoms with Crippen molar-refractivity contribution in [2.45, 2.75) is 6.92 Å². The van der Waals surface area contributed by atoms with Crippen LogP contribution in [0.15, 0.2) is 39.6 Å². The lowest BCUT2D eigenvalue weighted by Crippen LogP contribution is -1.95. The molecule has 0 aliphatic rings. The van der Waals surface area contributed by atoms with Crippen LogP contribution in [0.3, 0.4) is 0 Å². The molecule has 0 bridgehead atoms. The van der Waals surface area contributed by atoms with Gasteiger partial charge in [-0.2, -0.15) is 0 Å². The molecule has 4 nitrogen and oxygen atoms in total. The Balaban J connectivity index is 2.62. The van der Waals surface area contributed by atoms with E-state index in [9.17, 15) is 9.59 Å². The van der Waals surface area contributed by atoms with Gasteiger partial charge in [0, 0.05) is 11.1 Å². The molecule has 0 radical (unpaired) electrons. The third-order valence-electron chi connectivity index (χ3n) is 2.12. The van der Waals surface area contributed by atoms with Crippen LogP contribution in [-0.4, -0.2) is 10.9 Å². The molecule has 2 aromatic rings. The molecule has 0 spiro atoms. The molecule has 0 saturated carbocycles. The Kier molecular flexibility index (Phi) is 2.25. The van der Waals surface area contributed by atoms with E-state index < -0.39 is 5.63 Å². The van der Waals surface area contributed by atoms with Gasteiger partial charge in [0.1, 0.15) is 0 Å². The van der Waals surface area contributed by atoms with Crippen LogP contribution in [0.25, 0.3) is 11.3 Å². The number of hydrogen-bond acceptors (Lipinski definition) is 3. The summed E-state index contributed by atoms with van der Waals surface area (Å²) in [6, 6.07) is 8.37. The molecular weight excluding hydrogens is 194 g/mol. The van der Waals surface area contributed by atoms with Gasteiger partial charge in [-0.1, -0.05) is 24.3 Å². The highest BCUT2D eigenvalue weighted by Crippen LogP contribution is 2.20. The van der Waals surface area contributed by atoms with E-state index in [1.165, 1.54) is 13.0 Å². The smallest absolute Gasteiger partial charge is 0.339 e. The standard InChI is InChI=1S/C11H9NO3/c1-7(13)8-4-2-3-5-9(8)10-6-11(14)15-12-10/h2-6,12H,1H3. The normalized spacial score (nSPS) is 10.2. The van der Waals surface area contributed by atoms with E-state index in [0.29, 0.717) is 16.8 Å². The third-order valence-corrected chi connectivity index (χ3v) is 2.12. The summed E-state index contributed by atoms with van der Waals surface area (Å²) >= 11 is 0. The van der Waals surface area contributed by atoms with E-state index in [4.69, 9.17) is 0 Å². The lowest BCUT2D eigenvalue weighted by atomic mass is 10.0. The zero-order valence-corrected chi connectivity index (χ0v) is 8.11. The number of Topliss-reactive ketones (excluding diaryl/α,β-unsaturated/α-hetero) is 1. The molecule has 76 valence electrons. The fourth-order valence-corrected chi connectivity index (χ4v) is 1.44. The second kappa shape index (κ2) is 3.57. The number of ketones is 1. The van der Waals surface area contributed by atoms with Crippen molar-refractivity contribution >= 4 is 5.78 Å². The minimum Gasteiger partial charge on any atom is -0.339 e. The Morgan fingerprint density at radius 1 is 1.33 bits per heavy atom. The molecule has 0 fully saturated rings. The average Bonchev–Trinajstić information content (AvgIpc) is 2.65. The molecule has 1 heterocycles. The quantitative estimate of drug-likeness (QED) is 0.757. The lowest BCUT2D eigenvalue weighted by Gasteiger charge is -2.02. The van der Waals surface area contributed by atoms with Crippen LogP contribution in [0.5, 0.6) is 0 Å². The van der Waals surface area contributed by atoms with Crippen molar-refractivity contribution in [1.82, 2.24) is 5.16 Å². The van der Waals surface area contributed by atoms with Crippen LogP contribution < -0.4 is 5.63 Å². The number of hydrogen-bond donors (Lipinski definition) is 1. The third kappa shape index (κ3) is 1.74. The maximum absolute atomic E-state index is 11.3. The van der Waals surface area contributed by atoms with Crippen LogP contribution in [0.2, 0.25) is 0 Å². The van der Waals surface area contributed by atoms with Gasteiger partial charge in [0.2, 0.25) is 0 Å². The van der Waals surface area contributed by atoms with Crippen molar-refractivity contribution in [3.63, 3.8) is 0 Å². The van der Waals surface area contributed by atoms with Gasteiger partial charge in [0.05, 0.1) is 11.8 Å². The van der Waals surface area contributed by atoms with E-state index >= 15 is 0 Å². The fourth-order valence-electron chi connectivity index (χ4n) is 1.44. The maximum Gasteiger partial charge on any atom is 0.357 e. The first-order valence-corrected chi connectivity index (χ1v) is 4.47. The Morgan fingerprint density at radius 2 is 2.07 bits per heavy atom. The molecule has 15 heavy (non-hydrogen) atoms. The first-order chi connectivity index (χ1) is 7.18. The predicted molar refractivity (Wildman–Crippen MR) is 54.8 cm³/mol. The summed E-state index contributed by atoms with van der Waals surface area (Å²) in [6.07, 6.45) is 0. The highest BCUT2D eigenvalue weighted by atomic mass is 16.5. The van der Waals surface area contributed by atoms with Crippen molar-refractivity contribution in [1.29, 1.82) is 0 Å². The highest BCUT2D eigenvalue weighted by molar-refractivity contribution is 6.00. The van der Waals surface area contributed by atoms with Crippen molar-refractivity contribution in [3.05, 3.63) is 46.3 Å². The van der Waals surface area contributed by atoms with Crippen molar-refractivity contribution < 1.29 is 9.32 Å². The summed E-state index contributed by atoms with van der Waals surface area (Å²) in [4.78, 5) is 22.2. The molecule has 0 unspecified atom stereocenters. The largest absolute Gasteiger partial charge is 0.357 e. The Morgan fingerprint density at radius 3 is 2.67 bits per heavy atom. The second-order valence-electron chi connectivity index (χ2n) is 3.18. The SMILES string of the molecule is CC(=O)c1ccccc1-c1cc(=O)o[nH]1. The molecule has 0 amide bonds. The topological polar surface area (TPSA) is 63.1 Å². The second-order valence-corrected chi connectivity index (χ2v) is 3.18. The molecule has 2 rings (SSSR count). The van der Waals surface area contributed by atoms with Gasteiger partial charge in [0.15, 0.2) is 5.78 Å².